The van der Waals surface area contributed by atoms with Gasteiger partial charge in [-0.2, -0.15) is 0 Å². The molecule has 1 aliphatic rings. The second-order valence-electron chi connectivity index (χ2n) is 3.68. The van der Waals surface area contributed by atoms with Gasteiger partial charge in [-0.05, 0) is 19.4 Å². The topological polar surface area (TPSA) is 58.6 Å². The molecule has 1 saturated heterocycles. The van der Waals surface area contributed by atoms with Crippen molar-refractivity contribution >= 4 is 11.9 Å². The van der Waals surface area contributed by atoms with E-state index in [-0.39, 0.29) is 24.5 Å². The molecule has 15 heavy (non-hydrogen) atoms. The standard InChI is InChI=1S/C10H18N2O3/c1-11-9(13)7-12-6-4-3-5-8(12)10(14)15-2/h8H,3-7H2,1-2H3,(H,11,13)/t8-/m1/s1. The van der Waals surface area contributed by atoms with Gasteiger partial charge in [-0.25, -0.2) is 0 Å². The lowest BCUT2D eigenvalue weighted by Crippen LogP contribution is -2.49. The van der Waals surface area contributed by atoms with Gasteiger partial charge in [-0.1, -0.05) is 6.42 Å². The van der Waals surface area contributed by atoms with Crippen LogP contribution in [-0.2, 0) is 14.3 Å². The van der Waals surface area contributed by atoms with Crippen LogP contribution in [0.3, 0.4) is 0 Å². The third kappa shape index (κ3) is 3.20. The number of hydrogen-bond acceptors (Lipinski definition) is 4. The highest BCUT2D eigenvalue weighted by atomic mass is 16.5. The Balaban J connectivity index is 2.57. The minimum absolute atomic E-state index is 0.0641. The van der Waals surface area contributed by atoms with Gasteiger partial charge in [0, 0.05) is 7.05 Å². The number of nitrogens with zero attached hydrogens (tertiary/aromatic N) is 1. The number of likely N-dealkylation sites (N-methyl/N-ethyl adjacent to an activating group) is 1. The van der Waals surface area contributed by atoms with Crippen LogP contribution in [-0.4, -0.2) is 50.1 Å². The maximum absolute atomic E-state index is 11.5. The smallest absolute Gasteiger partial charge is 0.323 e. The van der Waals surface area contributed by atoms with Gasteiger partial charge >= 0.3 is 5.97 Å². The number of rotatable bonds is 3. The number of hydrogen-bond donors (Lipinski definition) is 1. The van der Waals surface area contributed by atoms with E-state index in [0.29, 0.717) is 0 Å². The van der Waals surface area contributed by atoms with E-state index in [1.165, 1.54) is 7.11 Å². The normalized spacial score (nSPS) is 22.1. The molecule has 1 heterocycles. The average Bonchev–Trinajstić information content (AvgIpc) is 2.28. The van der Waals surface area contributed by atoms with Gasteiger partial charge in [-0.15, -0.1) is 0 Å². The molecule has 0 aromatic carbocycles. The monoisotopic (exact) mass is 214 g/mol. The van der Waals surface area contributed by atoms with Crippen molar-refractivity contribution in [2.75, 3.05) is 27.2 Å². The van der Waals surface area contributed by atoms with E-state index in [1.807, 2.05) is 4.90 Å². The molecule has 1 fully saturated rings. The average molecular weight is 214 g/mol. The van der Waals surface area contributed by atoms with Crippen LogP contribution in [0, 0.1) is 0 Å². The van der Waals surface area contributed by atoms with Gasteiger partial charge in [-0.3, -0.25) is 14.5 Å². The third-order valence-electron chi connectivity index (χ3n) is 2.71. The van der Waals surface area contributed by atoms with Crippen molar-refractivity contribution < 1.29 is 14.3 Å². The Morgan fingerprint density at radius 3 is 2.80 bits per heavy atom. The summed E-state index contributed by atoms with van der Waals surface area (Å²) in [5, 5.41) is 2.56. The van der Waals surface area contributed by atoms with Gasteiger partial charge in [0.15, 0.2) is 0 Å². The summed E-state index contributed by atoms with van der Waals surface area (Å²) in [6.45, 7) is 1.06. The van der Waals surface area contributed by atoms with E-state index in [9.17, 15) is 9.59 Å². The van der Waals surface area contributed by atoms with Gasteiger partial charge in [0.1, 0.15) is 6.04 Å². The van der Waals surface area contributed by atoms with Gasteiger partial charge in [0.2, 0.25) is 5.91 Å². The SMILES string of the molecule is CNC(=O)CN1CCCC[C@@H]1C(=O)OC. The van der Waals surface area contributed by atoms with Crippen molar-refractivity contribution in [1.29, 1.82) is 0 Å². The lowest BCUT2D eigenvalue weighted by atomic mass is 10.0. The summed E-state index contributed by atoms with van der Waals surface area (Å²) < 4.78 is 4.72. The molecule has 1 atom stereocenters. The lowest BCUT2D eigenvalue weighted by molar-refractivity contribution is -0.148. The zero-order chi connectivity index (χ0) is 11.3. The number of amides is 1. The predicted octanol–water partition coefficient (Wildman–Crippen LogP) is -0.240. The largest absolute Gasteiger partial charge is 0.468 e. The maximum atomic E-state index is 11.5. The molecule has 0 radical (unpaired) electrons. The highest BCUT2D eigenvalue weighted by Gasteiger charge is 2.30. The molecule has 1 rings (SSSR count). The minimum Gasteiger partial charge on any atom is -0.468 e. The van der Waals surface area contributed by atoms with Crippen molar-refractivity contribution in [3.63, 3.8) is 0 Å². The molecular formula is C10H18N2O3. The molecule has 0 bridgehead atoms. The zero-order valence-electron chi connectivity index (χ0n) is 9.28. The van der Waals surface area contributed by atoms with Crippen LogP contribution in [0.15, 0.2) is 0 Å². The van der Waals surface area contributed by atoms with Crippen molar-refractivity contribution in [3.8, 4) is 0 Å². The van der Waals surface area contributed by atoms with E-state index >= 15 is 0 Å². The van der Waals surface area contributed by atoms with Crippen LogP contribution < -0.4 is 5.32 Å². The first-order valence-corrected chi connectivity index (χ1v) is 5.21. The fraction of sp³-hybridized carbons (Fsp3) is 0.800. The Labute approximate surface area is 89.8 Å². The van der Waals surface area contributed by atoms with Gasteiger partial charge in [0.25, 0.3) is 0 Å². The van der Waals surface area contributed by atoms with Crippen LogP contribution in [0.4, 0.5) is 0 Å². The molecule has 1 amide bonds. The number of methoxy groups -OCH3 is 1. The maximum Gasteiger partial charge on any atom is 0.323 e. The van der Waals surface area contributed by atoms with Gasteiger partial charge < -0.3 is 10.1 Å². The third-order valence-corrected chi connectivity index (χ3v) is 2.71. The molecule has 1 aliphatic heterocycles. The van der Waals surface area contributed by atoms with Crippen molar-refractivity contribution in [1.82, 2.24) is 10.2 Å². The minimum atomic E-state index is -0.249. The molecule has 0 aromatic heterocycles. The first-order valence-electron chi connectivity index (χ1n) is 5.21. The number of esters is 1. The van der Waals surface area contributed by atoms with Crippen LogP contribution >= 0.6 is 0 Å². The molecule has 1 N–H and O–H groups in total. The summed E-state index contributed by atoms with van der Waals surface area (Å²) in [7, 11) is 2.98. The Kier molecular flexibility index (Phi) is 4.55. The summed E-state index contributed by atoms with van der Waals surface area (Å²) in [6.07, 6.45) is 2.83. The predicted molar refractivity (Wildman–Crippen MR) is 55.3 cm³/mol. The Morgan fingerprint density at radius 2 is 2.20 bits per heavy atom. The highest BCUT2D eigenvalue weighted by Crippen LogP contribution is 2.17. The summed E-state index contributed by atoms with van der Waals surface area (Å²) >= 11 is 0. The summed E-state index contributed by atoms with van der Waals surface area (Å²) in [4.78, 5) is 24.6. The number of carbonyl (C=O) groups is 2. The first kappa shape index (κ1) is 12.0. The van der Waals surface area contributed by atoms with Crippen LogP contribution in [0.2, 0.25) is 0 Å². The van der Waals surface area contributed by atoms with Gasteiger partial charge in [0.05, 0.1) is 13.7 Å². The van der Waals surface area contributed by atoms with Crippen molar-refractivity contribution in [3.05, 3.63) is 0 Å². The summed E-state index contributed by atoms with van der Waals surface area (Å²) in [6, 6.07) is -0.249. The Morgan fingerprint density at radius 1 is 1.47 bits per heavy atom. The molecule has 5 heteroatoms. The molecule has 5 nitrogen and oxygen atoms in total. The second kappa shape index (κ2) is 5.70. The first-order chi connectivity index (χ1) is 7.19. The summed E-state index contributed by atoms with van der Waals surface area (Å²) in [5.74, 6) is -0.301. The molecule has 0 spiro atoms. The number of ether oxygens (including phenoxy) is 1. The molecule has 86 valence electrons. The summed E-state index contributed by atoms with van der Waals surface area (Å²) in [5.41, 5.74) is 0. The number of nitrogens with one attached hydrogen (secondary N) is 1. The van der Waals surface area contributed by atoms with Crippen LogP contribution in [0.5, 0.6) is 0 Å². The fourth-order valence-corrected chi connectivity index (χ4v) is 1.85. The molecule has 0 unspecified atom stereocenters. The number of likely N-dealkylation sites (tertiary alicyclic amines) is 1. The highest BCUT2D eigenvalue weighted by molar-refractivity contribution is 5.80. The zero-order valence-corrected chi connectivity index (χ0v) is 9.28. The van der Waals surface area contributed by atoms with Crippen LogP contribution in [0.1, 0.15) is 19.3 Å². The molecule has 0 saturated carbocycles. The number of carbonyl (C=O) groups excluding carboxylic acids is 2. The Hall–Kier alpha value is -1.10. The molecular weight excluding hydrogens is 196 g/mol. The quantitative estimate of drug-likeness (QED) is 0.659. The molecule has 0 aromatic rings. The van der Waals surface area contributed by atoms with E-state index < -0.39 is 0 Å². The van der Waals surface area contributed by atoms with E-state index in [4.69, 9.17) is 4.74 Å². The Bertz CT molecular complexity index is 243. The second-order valence-corrected chi connectivity index (χ2v) is 3.68. The van der Waals surface area contributed by atoms with E-state index in [1.54, 1.807) is 7.05 Å². The van der Waals surface area contributed by atoms with Crippen molar-refractivity contribution in [2.24, 2.45) is 0 Å². The number of piperidine rings is 1. The van der Waals surface area contributed by atoms with E-state index in [2.05, 4.69) is 5.32 Å². The lowest BCUT2D eigenvalue weighted by Gasteiger charge is -2.32. The van der Waals surface area contributed by atoms with Crippen LogP contribution in [0.25, 0.3) is 0 Å². The van der Waals surface area contributed by atoms with E-state index in [0.717, 1.165) is 25.8 Å². The molecule has 0 aliphatic carbocycles. The fourth-order valence-electron chi connectivity index (χ4n) is 1.85. The van der Waals surface area contributed by atoms with Crippen molar-refractivity contribution in [2.45, 2.75) is 25.3 Å².